The predicted octanol–water partition coefficient (Wildman–Crippen LogP) is 5.99. The fourth-order valence-electron chi connectivity index (χ4n) is 3.51. The first-order chi connectivity index (χ1) is 10.1. The zero-order chi connectivity index (χ0) is 14.8. The van der Waals surface area contributed by atoms with Gasteiger partial charge in [-0.05, 0) is 56.6 Å². The third-order valence-corrected chi connectivity index (χ3v) is 5.00. The molecule has 0 radical (unpaired) electrons. The maximum Gasteiger partial charge on any atom is -0.00528 e. The monoisotopic (exact) mass is 276 g/mol. The highest BCUT2D eigenvalue weighted by Gasteiger charge is 2.29. The van der Waals surface area contributed by atoms with Crippen molar-refractivity contribution < 1.29 is 0 Å². The van der Waals surface area contributed by atoms with Gasteiger partial charge in [-0.3, -0.25) is 0 Å². The van der Waals surface area contributed by atoms with Gasteiger partial charge in [0.1, 0.15) is 0 Å². The van der Waals surface area contributed by atoms with Crippen molar-refractivity contribution in [2.24, 2.45) is 0 Å². The maximum absolute atomic E-state index is 2.32. The van der Waals surface area contributed by atoms with Crippen LogP contribution in [0.15, 0.2) is 65.7 Å². The van der Waals surface area contributed by atoms with Crippen LogP contribution < -0.4 is 0 Å². The summed E-state index contributed by atoms with van der Waals surface area (Å²) in [6, 6.07) is 20.2. The van der Waals surface area contributed by atoms with E-state index in [1.54, 1.807) is 11.1 Å². The van der Waals surface area contributed by atoms with Gasteiger partial charge in [0.2, 0.25) is 0 Å². The van der Waals surface area contributed by atoms with Gasteiger partial charge >= 0.3 is 0 Å². The molecule has 0 unspecified atom stereocenters. The lowest BCUT2D eigenvalue weighted by atomic mass is 9.70. The third kappa shape index (κ3) is 2.95. The second kappa shape index (κ2) is 5.89. The lowest BCUT2D eigenvalue weighted by Gasteiger charge is -2.34. The van der Waals surface area contributed by atoms with Crippen LogP contribution in [0.25, 0.3) is 0 Å². The van der Waals surface area contributed by atoms with E-state index in [2.05, 4.69) is 75.4 Å². The summed E-state index contributed by atoms with van der Waals surface area (Å²) in [5.74, 6) is 1.22. The molecule has 2 aromatic carbocycles. The number of rotatable bonds is 2. The molecule has 0 saturated heterocycles. The SMILES string of the molecule is CC1=C(C)C[C@@H](c2ccc(C)cc2)[C@H](c2ccccc2)C1. The van der Waals surface area contributed by atoms with Crippen LogP contribution >= 0.6 is 0 Å². The van der Waals surface area contributed by atoms with Gasteiger partial charge in [0.15, 0.2) is 0 Å². The summed E-state index contributed by atoms with van der Waals surface area (Å²) < 4.78 is 0. The molecule has 0 aliphatic heterocycles. The first-order valence-electron chi connectivity index (χ1n) is 7.92. The molecule has 0 amide bonds. The number of allylic oxidation sites excluding steroid dienone is 2. The fraction of sp³-hybridized carbons (Fsp3) is 0.333. The van der Waals surface area contributed by atoms with Crippen LogP contribution in [0.3, 0.4) is 0 Å². The van der Waals surface area contributed by atoms with Crippen LogP contribution in [0.5, 0.6) is 0 Å². The summed E-state index contributed by atoms with van der Waals surface area (Å²) >= 11 is 0. The Kier molecular flexibility index (Phi) is 3.96. The summed E-state index contributed by atoms with van der Waals surface area (Å²) in [4.78, 5) is 0. The van der Waals surface area contributed by atoms with Crippen molar-refractivity contribution in [2.75, 3.05) is 0 Å². The Hall–Kier alpha value is -1.82. The van der Waals surface area contributed by atoms with E-state index in [1.807, 2.05) is 0 Å². The molecule has 0 heterocycles. The van der Waals surface area contributed by atoms with Crippen molar-refractivity contribution in [1.82, 2.24) is 0 Å². The van der Waals surface area contributed by atoms with E-state index in [9.17, 15) is 0 Å². The molecule has 3 rings (SSSR count). The van der Waals surface area contributed by atoms with Crippen molar-refractivity contribution >= 4 is 0 Å². The highest BCUT2D eigenvalue weighted by atomic mass is 14.3. The second-order valence-corrected chi connectivity index (χ2v) is 6.50. The molecular weight excluding hydrogens is 252 g/mol. The maximum atomic E-state index is 2.32. The highest BCUT2D eigenvalue weighted by Crippen LogP contribution is 2.45. The Morgan fingerprint density at radius 3 is 1.62 bits per heavy atom. The molecule has 108 valence electrons. The van der Waals surface area contributed by atoms with E-state index in [-0.39, 0.29) is 0 Å². The van der Waals surface area contributed by atoms with Gasteiger partial charge in [0.25, 0.3) is 0 Å². The molecule has 0 heteroatoms. The number of hydrogen-bond acceptors (Lipinski definition) is 0. The summed E-state index contributed by atoms with van der Waals surface area (Å²) in [7, 11) is 0. The normalized spacial score (nSPS) is 22.4. The van der Waals surface area contributed by atoms with Crippen LogP contribution in [-0.2, 0) is 0 Å². The zero-order valence-electron chi connectivity index (χ0n) is 13.3. The third-order valence-electron chi connectivity index (χ3n) is 5.00. The van der Waals surface area contributed by atoms with Crippen LogP contribution in [0, 0.1) is 6.92 Å². The quantitative estimate of drug-likeness (QED) is 0.591. The van der Waals surface area contributed by atoms with Gasteiger partial charge in [0, 0.05) is 0 Å². The molecule has 0 bridgehead atoms. The molecule has 1 aliphatic carbocycles. The lowest BCUT2D eigenvalue weighted by Crippen LogP contribution is -2.17. The van der Waals surface area contributed by atoms with Crippen LogP contribution in [0.2, 0.25) is 0 Å². The topological polar surface area (TPSA) is 0 Å². The van der Waals surface area contributed by atoms with Gasteiger partial charge in [0.05, 0.1) is 0 Å². The Balaban J connectivity index is 2.00. The average molecular weight is 276 g/mol. The van der Waals surface area contributed by atoms with Gasteiger partial charge < -0.3 is 0 Å². The van der Waals surface area contributed by atoms with Crippen LogP contribution in [0.4, 0.5) is 0 Å². The summed E-state index contributed by atoms with van der Waals surface area (Å²) in [6.07, 6.45) is 2.38. The van der Waals surface area contributed by atoms with Crippen molar-refractivity contribution in [1.29, 1.82) is 0 Å². The standard InChI is InChI=1S/C21H24/c1-15-9-11-19(12-10-15)21-14-17(3)16(2)13-20(21)18-7-5-4-6-8-18/h4-12,20-21H,13-14H2,1-3H3/t20-,21-/m0/s1. The number of aryl methyl sites for hydroxylation is 1. The van der Waals surface area contributed by atoms with Gasteiger partial charge in [-0.2, -0.15) is 0 Å². The van der Waals surface area contributed by atoms with Crippen molar-refractivity contribution in [3.8, 4) is 0 Å². The first-order valence-corrected chi connectivity index (χ1v) is 7.92. The van der Waals surface area contributed by atoms with Crippen LogP contribution in [-0.4, -0.2) is 0 Å². The van der Waals surface area contributed by atoms with Gasteiger partial charge in [-0.25, -0.2) is 0 Å². The number of hydrogen-bond donors (Lipinski definition) is 0. The van der Waals surface area contributed by atoms with Gasteiger partial charge in [-0.15, -0.1) is 0 Å². The summed E-state index contributed by atoms with van der Waals surface area (Å²) in [5.41, 5.74) is 7.46. The summed E-state index contributed by atoms with van der Waals surface area (Å²) in [5, 5.41) is 0. The molecule has 0 spiro atoms. The molecule has 2 aromatic rings. The lowest BCUT2D eigenvalue weighted by molar-refractivity contribution is 0.496. The van der Waals surface area contributed by atoms with E-state index in [0.29, 0.717) is 11.8 Å². The van der Waals surface area contributed by atoms with E-state index in [1.165, 1.54) is 29.5 Å². The fourth-order valence-corrected chi connectivity index (χ4v) is 3.51. The van der Waals surface area contributed by atoms with E-state index < -0.39 is 0 Å². The average Bonchev–Trinajstić information content (AvgIpc) is 2.51. The molecule has 2 atom stereocenters. The Morgan fingerprint density at radius 1 is 0.619 bits per heavy atom. The van der Waals surface area contributed by atoms with Crippen LogP contribution in [0.1, 0.15) is 55.2 Å². The van der Waals surface area contributed by atoms with E-state index >= 15 is 0 Å². The number of benzene rings is 2. The Morgan fingerprint density at radius 2 is 1.10 bits per heavy atom. The highest BCUT2D eigenvalue weighted by molar-refractivity contribution is 5.36. The largest absolute Gasteiger partial charge is 0.0737 e. The molecular formula is C21H24. The predicted molar refractivity (Wildman–Crippen MR) is 90.7 cm³/mol. The van der Waals surface area contributed by atoms with E-state index in [0.717, 1.165) is 0 Å². The Bertz CT molecular complexity index is 631. The van der Waals surface area contributed by atoms with Crippen molar-refractivity contribution in [3.05, 3.63) is 82.4 Å². The molecule has 0 saturated carbocycles. The minimum atomic E-state index is 0.608. The minimum absolute atomic E-state index is 0.608. The molecule has 21 heavy (non-hydrogen) atoms. The second-order valence-electron chi connectivity index (χ2n) is 6.50. The molecule has 0 fully saturated rings. The molecule has 0 N–H and O–H groups in total. The van der Waals surface area contributed by atoms with Gasteiger partial charge in [-0.1, -0.05) is 71.3 Å². The smallest absolute Gasteiger partial charge is 0.00528 e. The molecule has 0 nitrogen and oxygen atoms in total. The van der Waals surface area contributed by atoms with E-state index in [4.69, 9.17) is 0 Å². The summed E-state index contributed by atoms with van der Waals surface area (Å²) in [6.45, 7) is 6.77. The first kappa shape index (κ1) is 14.1. The van der Waals surface area contributed by atoms with Crippen molar-refractivity contribution in [2.45, 2.75) is 45.4 Å². The minimum Gasteiger partial charge on any atom is -0.0737 e. The Labute approximate surface area is 128 Å². The molecule has 1 aliphatic rings. The zero-order valence-corrected chi connectivity index (χ0v) is 13.3. The molecule has 0 aromatic heterocycles. The van der Waals surface area contributed by atoms with Crippen molar-refractivity contribution in [3.63, 3.8) is 0 Å².